The summed E-state index contributed by atoms with van der Waals surface area (Å²) in [5.74, 6) is 1.09. The van der Waals surface area contributed by atoms with Gasteiger partial charge in [0.05, 0.1) is 0 Å². The van der Waals surface area contributed by atoms with Crippen molar-refractivity contribution >= 4 is 21.9 Å². The Bertz CT molecular complexity index is 880. The van der Waals surface area contributed by atoms with E-state index >= 15 is 0 Å². The van der Waals surface area contributed by atoms with Crippen LogP contribution in [0.1, 0.15) is 11.1 Å². The number of benzene rings is 1. The van der Waals surface area contributed by atoms with Crippen LogP contribution in [-0.4, -0.2) is 19.9 Å². The minimum atomic E-state index is -2.63. The van der Waals surface area contributed by atoms with Gasteiger partial charge in [-0.2, -0.15) is 8.42 Å². The average molecular weight is 327 g/mol. The minimum absolute atomic E-state index is 0.122. The summed E-state index contributed by atoms with van der Waals surface area (Å²) in [6, 6.07) is 6.35. The number of ether oxygens (including phenoxy) is 2. The Morgan fingerprint density at radius 3 is 2.67 bits per heavy atom. The lowest BCUT2D eigenvalue weighted by atomic mass is 10.1. The quantitative estimate of drug-likeness (QED) is 0.790. The third kappa shape index (κ3) is 2.57. The first-order valence-electron chi connectivity index (χ1n) is 5.94. The van der Waals surface area contributed by atoms with E-state index < -0.39 is 10.3 Å². The molecule has 0 spiro atoms. The summed E-state index contributed by atoms with van der Waals surface area (Å²) in [4.78, 5) is 0. The van der Waals surface area contributed by atoms with Gasteiger partial charge in [0.2, 0.25) is 17.1 Å². The Morgan fingerprint density at radius 2 is 1.95 bits per heavy atom. The number of aromatic nitrogens is 1. The maximum Gasteiger partial charge on any atom is 0.238 e. The Hall–Kier alpha value is -2.12. The van der Waals surface area contributed by atoms with Gasteiger partial charge in [0.1, 0.15) is 0 Å². The summed E-state index contributed by atoms with van der Waals surface area (Å²) in [6.45, 7) is 0.122. The monoisotopic (exact) mass is 326 g/mol. The van der Waals surface area contributed by atoms with E-state index in [9.17, 15) is 13.6 Å². The molecule has 0 bridgehead atoms. The van der Waals surface area contributed by atoms with Crippen molar-refractivity contribution < 1.29 is 17.9 Å². The molecule has 1 aromatic heterocycles. The van der Waals surface area contributed by atoms with Crippen LogP contribution in [0, 0.1) is 9.85 Å². The Morgan fingerprint density at radius 1 is 1.24 bits per heavy atom. The number of hydrogen-bond donors (Lipinski definition) is 0. The van der Waals surface area contributed by atoms with Crippen molar-refractivity contribution in [3.63, 3.8) is 0 Å². The maximum absolute atomic E-state index is 11.6. The van der Waals surface area contributed by atoms with Crippen molar-refractivity contribution in [3.05, 3.63) is 56.5 Å². The van der Waals surface area contributed by atoms with E-state index in [0.717, 1.165) is 6.20 Å². The normalized spacial score (nSPS) is 12.4. The Balaban J connectivity index is 2.11. The first-order valence-corrected chi connectivity index (χ1v) is 7.40. The molecule has 0 saturated carbocycles. The van der Waals surface area contributed by atoms with Gasteiger partial charge in [-0.3, -0.25) is 0 Å². The van der Waals surface area contributed by atoms with Crippen LogP contribution < -0.4 is 9.47 Å². The van der Waals surface area contributed by atoms with E-state index in [1.54, 1.807) is 18.2 Å². The molecule has 0 N–H and O–H groups in total. The molecular weight excluding hydrogens is 318 g/mol. The highest BCUT2D eigenvalue weighted by Gasteiger charge is 2.17. The Labute approximate surface area is 126 Å². The van der Waals surface area contributed by atoms with Crippen molar-refractivity contribution in [1.82, 2.24) is 4.73 Å². The van der Waals surface area contributed by atoms with Gasteiger partial charge in [-0.1, -0.05) is 17.7 Å². The summed E-state index contributed by atoms with van der Waals surface area (Å²) < 4.78 is 32.9. The third-order valence-electron chi connectivity index (χ3n) is 3.07. The van der Waals surface area contributed by atoms with Gasteiger partial charge in [0.15, 0.2) is 16.1 Å². The van der Waals surface area contributed by atoms with E-state index in [4.69, 9.17) is 21.1 Å². The van der Waals surface area contributed by atoms with Crippen LogP contribution in [0.15, 0.2) is 30.5 Å². The fourth-order valence-corrected chi connectivity index (χ4v) is 2.92. The van der Waals surface area contributed by atoms with E-state index in [2.05, 4.69) is 0 Å². The van der Waals surface area contributed by atoms with Crippen LogP contribution in [0.4, 0.5) is 0 Å². The highest BCUT2D eigenvalue weighted by Crippen LogP contribution is 2.37. The van der Waals surface area contributed by atoms with E-state index in [1.807, 2.05) is 0 Å². The van der Waals surface area contributed by atoms with Crippen molar-refractivity contribution in [2.75, 3.05) is 6.79 Å². The molecule has 8 heteroatoms. The highest BCUT2D eigenvalue weighted by atomic mass is 35.5. The molecule has 0 unspecified atom stereocenters. The van der Waals surface area contributed by atoms with Crippen LogP contribution in [-0.2, 0) is 16.7 Å². The van der Waals surface area contributed by atoms with Crippen molar-refractivity contribution in [1.29, 1.82) is 0 Å². The average Bonchev–Trinajstić information content (AvgIpc) is 2.85. The smallest absolute Gasteiger partial charge is 0.238 e. The number of nitrogens with zero attached hydrogens (tertiary/aromatic N) is 1. The standard InChI is InChI=1S/C13H9ClNO5S/c14-10-6-12-11(19-7-20-12)5-9(10)4-8-2-1-3-15(16)13(8)21(17)18/h1-3,5-6H,4,7H2/q-1. The SMILES string of the molecule is O=S(=O)=c1c(Cc2cc3c(cc2Cl)OCO3)cccn1[O-]. The molecule has 0 fully saturated rings. The molecule has 0 radical (unpaired) electrons. The summed E-state index contributed by atoms with van der Waals surface area (Å²) in [6.07, 6.45) is 1.33. The number of fused-ring (bicyclic) bond motifs is 1. The predicted octanol–water partition coefficient (Wildman–Crippen LogP) is 2.22. The molecule has 3 rings (SSSR count). The van der Waals surface area contributed by atoms with Gasteiger partial charge >= 0.3 is 0 Å². The molecule has 2 heterocycles. The largest absolute Gasteiger partial charge is 0.805 e. The van der Waals surface area contributed by atoms with Crippen LogP contribution in [0.5, 0.6) is 11.5 Å². The van der Waals surface area contributed by atoms with Crippen LogP contribution in [0.3, 0.4) is 0 Å². The molecule has 0 atom stereocenters. The van der Waals surface area contributed by atoms with E-state index in [0.29, 0.717) is 32.4 Å². The first-order chi connectivity index (χ1) is 10.1. The lowest BCUT2D eigenvalue weighted by molar-refractivity contribution is 0.174. The zero-order chi connectivity index (χ0) is 15.0. The Kier molecular flexibility index (Phi) is 3.52. The van der Waals surface area contributed by atoms with Crippen LogP contribution in [0.2, 0.25) is 5.02 Å². The topological polar surface area (TPSA) is 80.6 Å². The summed E-state index contributed by atoms with van der Waals surface area (Å²) in [5, 5.41) is 12.0. The molecule has 0 amide bonds. The molecule has 1 aliphatic rings. The zero-order valence-electron chi connectivity index (χ0n) is 10.6. The number of halogens is 1. The van der Waals surface area contributed by atoms with Gasteiger partial charge in [0, 0.05) is 17.5 Å². The molecule has 6 nitrogen and oxygen atoms in total. The molecule has 21 heavy (non-hydrogen) atoms. The lowest BCUT2D eigenvalue weighted by Gasteiger charge is -2.13. The molecule has 2 aromatic rings. The second-order valence-corrected chi connectivity index (χ2v) is 5.64. The number of rotatable bonds is 2. The van der Waals surface area contributed by atoms with Crippen molar-refractivity contribution in [2.45, 2.75) is 6.42 Å². The molecular formula is C13H9ClNO5S-. The van der Waals surface area contributed by atoms with Crippen molar-refractivity contribution in [3.8, 4) is 11.5 Å². The fourth-order valence-electron chi connectivity index (χ4n) is 2.13. The zero-order valence-corrected chi connectivity index (χ0v) is 12.1. The molecule has 1 aromatic carbocycles. The van der Waals surface area contributed by atoms with Gasteiger partial charge in [-0.05, 0) is 29.5 Å². The van der Waals surface area contributed by atoms with Gasteiger partial charge < -0.3 is 19.4 Å². The van der Waals surface area contributed by atoms with Crippen molar-refractivity contribution in [2.24, 2.45) is 0 Å². The third-order valence-corrected chi connectivity index (χ3v) is 4.18. The molecule has 0 aliphatic carbocycles. The summed E-state index contributed by atoms with van der Waals surface area (Å²) in [5.41, 5.74) is 1.01. The van der Waals surface area contributed by atoms with Gasteiger partial charge in [-0.15, -0.1) is 0 Å². The molecule has 110 valence electrons. The highest BCUT2D eigenvalue weighted by molar-refractivity contribution is 7.63. The maximum atomic E-state index is 11.6. The van der Waals surface area contributed by atoms with Gasteiger partial charge in [0.25, 0.3) is 0 Å². The second kappa shape index (κ2) is 5.34. The lowest BCUT2D eigenvalue weighted by Crippen LogP contribution is -1.99. The number of hydrogen-bond acceptors (Lipinski definition) is 5. The van der Waals surface area contributed by atoms with Crippen LogP contribution in [0.25, 0.3) is 0 Å². The number of pyridine rings is 1. The minimum Gasteiger partial charge on any atom is -0.805 e. The first kappa shape index (κ1) is 13.8. The van der Waals surface area contributed by atoms with Gasteiger partial charge in [-0.25, -0.2) is 0 Å². The summed E-state index contributed by atoms with van der Waals surface area (Å²) >= 11 is 6.16. The van der Waals surface area contributed by atoms with E-state index in [1.165, 1.54) is 6.07 Å². The fraction of sp³-hybridized carbons (Fsp3) is 0.154. The predicted molar refractivity (Wildman–Crippen MR) is 75.7 cm³/mol. The molecule has 1 aliphatic heterocycles. The van der Waals surface area contributed by atoms with E-state index in [-0.39, 0.29) is 17.9 Å². The second-order valence-electron chi connectivity index (χ2n) is 4.37. The summed E-state index contributed by atoms with van der Waals surface area (Å²) in [7, 11) is -2.63. The molecule has 0 saturated heterocycles. The van der Waals surface area contributed by atoms with Crippen LogP contribution >= 0.6 is 11.6 Å².